The molecular formula is C3H8NOP. The Hall–Kier alpha value is 0.0600. The molecule has 0 fully saturated rings. The molecule has 0 aromatic rings. The van der Waals surface area contributed by atoms with Gasteiger partial charge in [0.05, 0.1) is 6.61 Å². The van der Waals surface area contributed by atoms with Crippen LogP contribution in [0.3, 0.4) is 0 Å². The van der Waals surface area contributed by atoms with Crippen molar-refractivity contribution in [3.05, 3.63) is 0 Å². The summed E-state index contributed by atoms with van der Waals surface area (Å²) in [5, 5.41) is 6.46. The number of hydrogen-bond acceptors (Lipinski definition) is 2. The molecule has 0 saturated carbocycles. The molecular weight excluding hydrogens is 97.0 g/mol. The first kappa shape index (κ1) is 6.06. The summed E-state index contributed by atoms with van der Waals surface area (Å²) in [7, 11) is 0.295. The Balaban J connectivity index is 2.49. The summed E-state index contributed by atoms with van der Waals surface area (Å²) in [6, 6.07) is 0. The molecule has 0 bridgehead atoms. The van der Waals surface area contributed by atoms with Gasteiger partial charge in [-0.2, -0.15) is 0 Å². The molecule has 0 spiro atoms. The molecule has 0 amide bonds. The minimum Gasteiger partial charge on any atom is -0.311 e. The van der Waals surface area contributed by atoms with E-state index in [1.165, 1.54) is 0 Å². The van der Waals surface area contributed by atoms with Crippen LogP contribution in [0.15, 0.2) is 0 Å². The Morgan fingerprint density at radius 1 is 1.83 bits per heavy atom. The highest BCUT2D eigenvalue weighted by molar-refractivity contribution is 7.18. The highest BCUT2D eigenvalue weighted by Gasteiger charge is 1.71. The third-order valence-electron chi connectivity index (χ3n) is 0.360. The molecule has 0 aliphatic carbocycles. The lowest BCUT2D eigenvalue weighted by Gasteiger charge is -1.83. The SMILES string of the molecule is CCCOP=N. The second-order valence-corrected chi connectivity index (χ2v) is 1.37. The third-order valence-corrected chi connectivity index (χ3v) is 0.672. The van der Waals surface area contributed by atoms with Gasteiger partial charge in [-0.05, 0) is 6.42 Å². The molecule has 1 N–H and O–H groups in total. The molecule has 36 valence electrons. The van der Waals surface area contributed by atoms with Gasteiger partial charge in [-0.3, -0.25) is 5.16 Å². The summed E-state index contributed by atoms with van der Waals surface area (Å²) < 4.78 is 4.62. The normalized spacial score (nSPS) is 9.50. The molecule has 0 aliphatic rings. The first-order valence-corrected chi connectivity index (χ1v) is 2.71. The fourth-order valence-corrected chi connectivity index (χ4v) is 0.411. The molecule has 0 rings (SSSR count). The van der Waals surface area contributed by atoms with Crippen molar-refractivity contribution in [1.82, 2.24) is 0 Å². The average molecular weight is 105 g/mol. The maximum absolute atomic E-state index is 6.46. The molecule has 0 unspecified atom stereocenters. The van der Waals surface area contributed by atoms with Gasteiger partial charge in [-0.15, -0.1) is 0 Å². The second-order valence-electron chi connectivity index (χ2n) is 0.925. The van der Waals surface area contributed by atoms with Crippen molar-refractivity contribution in [2.45, 2.75) is 13.3 Å². The van der Waals surface area contributed by atoms with E-state index in [1.54, 1.807) is 0 Å². The van der Waals surface area contributed by atoms with E-state index in [1.807, 2.05) is 6.92 Å². The lowest BCUT2D eigenvalue weighted by atomic mass is 10.5. The zero-order valence-corrected chi connectivity index (χ0v) is 4.66. The molecule has 0 saturated heterocycles. The van der Waals surface area contributed by atoms with Gasteiger partial charge in [-0.25, -0.2) is 0 Å². The summed E-state index contributed by atoms with van der Waals surface area (Å²) in [6.07, 6.45) is 1.01. The third kappa shape index (κ3) is 4.06. The second kappa shape index (κ2) is 5.06. The van der Waals surface area contributed by atoms with Crippen LogP contribution in [0.2, 0.25) is 0 Å². The predicted molar refractivity (Wildman–Crippen MR) is 25.9 cm³/mol. The van der Waals surface area contributed by atoms with Gasteiger partial charge >= 0.3 is 0 Å². The predicted octanol–water partition coefficient (Wildman–Crippen LogP) is 2.04. The van der Waals surface area contributed by atoms with Gasteiger partial charge in [0.2, 0.25) is 0 Å². The van der Waals surface area contributed by atoms with E-state index in [-0.39, 0.29) is 0 Å². The van der Waals surface area contributed by atoms with Crippen molar-refractivity contribution < 1.29 is 4.52 Å². The average Bonchev–Trinajstić information content (AvgIpc) is 1.61. The molecule has 0 radical (unpaired) electrons. The fraction of sp³-hybridized carbons (Fsp3) is 1.00. The van der Waals surface area contributed by atoms with Gasteiger partial charge < -0.3 is 4.52 Å². The maximum Gasteiger partial charge on any atom is 0.168 e. The van der Waals surface area contributed by atoms with Crippen molar-refractivity contribution in [3.8, 4) is 0 Å². The molecule has 0 aromatic carbocycles. The van der Waals surface area contributed by atoms with Crippen LogP contribution in [0.5, 0.6) is 0 Å². The van der Waals surface area contributed by atoms with Crippen LogP contribution in [0.1, 0.15) is 13.3 Å². The van der Waals surface area contributed by atoms with E-state index < -0.39 is 0 Å². The van der Waals surface area contributed by atoms with Crippen LogP contribution >= 0.6 is 8.60 Å². The topological polar surface area (TPSA) is 33.1 Å². The van der Waals surface area contributed by atoms with Gasteiger partial charge in [0.25, 0.3) is 0 Å². The lowest BCUT2D eigenvalue weighted by Crippen LogP contribution is -1.74. The van der Waals surface area contributed by atoms with E-state index in [2.05, 4.69) is 4.52 Å². The van der Waals surface area contributed by atoms with E-state index >= 15 is 0 Å². The van der Waals surface area contributed by atoms with Crippen LogP contribution in [-0.4, -0.2) is 6.61 Å². The minimum absolute atomic E-state index is 0.295. The summed E-state index contributed by atoms with van der Waals surface area (Å²) in [5.74, 6) is 0. The lowest BCUT2D eigenvalue weighted by molar-refractivity contribution is 0.365. The molecule has 0 atom stereocenters. The minimum atomic E-state index is 0.295. The Labute approximate surface area is 39.3 Å². The zero-order valence-electron chi connectivity index (χ0n) is 3.77. The largest absolute Gasteiger partial charge is 0.311 e. The van der Waals surface area contributed by atoms with Crippen LogP contribution < -0.4 is 0 Å². The van der Waals surface area contributed by atoms with Crippen LogP contribution in [0.25, 0.3) is 0 Å². The van der Waals surface area contributed by atoms with E-state index in [0.29, 0.717) is 15.2 Å². The Morgan fingerprint density at radius 2 is 2.50 bits per heavy atom. The standard InChI is InChI=1S/C3H8NOP/c1-2-3-5-6-4/h4H,2-3H2,1H3. The molecule has 0 heterocycles. The van der Waals surface area contributed by atoms with Crippen molar-refractivity contribution in [3.63, 3.8) is 0 Å². The monoisotopic (exact) mass is 105 g/mol. The Bertz CT molecular complexity index is 39.8. The molecule has 0 aliphatic heterocycles. The zero-order chi connectivity index (χ0) is 4.83. The molecule has 2 nitrogen and oxygen atoms in total. The van der Waals surface area contributed by atoms with E-state index in [4.69, 9.17) is 5.16 Å². The van der Waals surface area contributed by atoms with Gasteiger partial charge in [-0.1, -0.05) is 6.92 Å². The first-order chi connectivity index (χ1) is 2.91. The van der Waals surface area contributed by atoms with Crippen molar-refractivity contribution in [2.24, 2.45) is 0 Å². The number of rotatable bonds is 3. The van der Waals surface area contributed by atoms with Gasteiger partial charge in [0.15, 0.2) is 8.60 Å². The first-order valence-electron chi connectivity index (χ1n) is 1.90. The van der Waals surface area contributed by atoms with Crippen LogP contribution in [0.4, 0.5) is 0 Å². The maximum atomic E-state index is 6.46. The van der Waals surface area contributed by atoms with Gasteiger partial charge in [0, 0.05) is 0 Å². The Kier molecular flexibility index (Phi) is 5.11. The summed E-state index contributed by atoms with van der Waals surface area (Å²) >= 11 is 0. The van der Waals surface area contributed by atoms with Crippen molar-refractivity contribution in [2.75, 3.05) is 6.61 Å². The van der Waals surface area contributed by atoms with Gasteiger partial charge in [0.1, 0.15) is 0 Å². The van der Waals surface area contributed by atoms with E-state index in [0.717, 1.165) is 6.42 Å². The molecule has 6 heavy (non-hydrogen) atoms. The quantitative estimate of drug-likeness (QED) is 0.432. The van der Waals surface area contributed by atoms with E-state index in [9.17, 15) is 0 Å². The van der Waals surface area contributed by atoms with Crippen molar-refractivity contribution >= 4 is 8.60 Å². The number of hydrogen-bond donors (Lipinski definition) is 1. The van der Waals surface area contributed by atoms with Crippen LogP contribution in [0, 0.1) is 5.16 Å². The molecule has 0 aromatic heterocycles. The highest BCUT2D eigenvalue weighted by atomic mass is 31.1. The Morgan fingerprint density at radius 3 is 2.67 bits per heavy atom. The summed E-state index contributed by atoms with van der Waals surface area (Å²) in [6.45, 7) is 2.73. The highest BCUT2D eigenvalue weighted by Crippen LogP contribution is 1.94. The molecule has 3 heteroatoms. The van der Waals surface area contributed by atoms with Crippen molar-refractivity contribution in [1.29, 1.82) is 5.16 Å². The van der Waals surface area contributed by atoms with Crippen LogP contribution in [-0.2, 0) is 4.52 Å². The summed E-state index contributed by atoms with van der Waals surface area (Å²) in [5.41, 5.74) is 0. The fourth-order valence-electron chi connectivity index (χ4n) is 0.137. The number of nitrogens with one attached hydrogen (secondary N) is 1. The smallest absolute Gasteiger partial charge is 0.168 e. The summed E-state index contributed by atoms with van der Waals surface area (Å²) in [4.78, 5) is 0.